The van der Waals surface area contributed by atoms with Gasteiger partial charge >= 0.3 is 0 Å². The molecule has 1 fully saturated rings. The number of aryl methyl sites for hydroxylation is 1. The molecule has 2 aliphatic rings. The SMILES string of the molecule is Cn1cc2c(c1C(=O)Nc1ccc(F)c(C(F)F)c1)OC[C@@H]1C[NH2+]C[C@@H]1NS2(=O)=O.[I-]. The molecule has 1 aromatic carbocycles. The lowest BCUT2D eigenvalue weighted by molar-refractivity contribution is -0.638. The second-order valence-corrected chi connectivity index (χ2v) is 9.01. The van der Waals surface area contributed by atoms with Crippen molar-refractivity contribution in [2.24, 2.45) is 13.0 Å². The van der Waals surface area contributed by atoms with E-state index in [4.69, 9.17) is 4.74 Å². The van der Waals surface area contributed by atoms with Gasteiger partial charge in [0, 0.05) is 18.9 Å². The molecule has 8 nitrogen and oxygen atoms in total. The highest BCUT2D eigenvalue weighted by atomic mass is 127. The fourth-order valence-electron chi connectivity index (χ4n) is 3.78. The van der Waals surface area contributed by atoms with E-state index >= 15 is 0 Å². The van der Waals surface area contributed by atoms with E-state index in [2.05, 4.69) is 10.0 Å². The maximum atomic E-state index is 13.5. The van der Waals surface area contributed by atoms with Gasteiger partial charge in [0.15, 0.2) is 11.4 Å². The van der Waals surface area contributed by atoms with Crippen LogP contribution in [0.25, 0.3) is 0 Å². The zero-order valence-corrected chi connectivity index (χ0v) is 19.2. The maximum absolute atomic E-state index is 13.5. The number of anilines is 1. The summed E-state index contributed by atoms with van der Waals surface area (Å²) in [4.78, 5) is 12.7. The fraction of sp³-hybridized carbons (Fsp3) is 0.389. The summed E-state index contributed by atoms with van der Waals surface area (Å²) < 4.78 is 74.7. The van der Waals surface area contributed by atoms with E-state index < -0.39 is 33.7 Å². The third-order valence-electron chi connectivity index (χ3n) is 5.30. The highest BCUT2D eigenvalue weighted by Gasteiger charge is 2.40. The zero-order chi connectivity index (χ0) is 21.6. The summed E-state index contributed by atoms with van der Waals surface area (Å²) in [5, 5.41) is 4.39. The van der Waals surface area contributed by atoms with E-state index in [9.17, 15) is 26.4 Å². The van der Waals surface area contributed by atoms with Crippen molar-refractivity contribution in [1.82, 2.24) is 9.29 Å². The van der Waals surface area contributed by atoms with E-state index in [1.807, 2.05) is 5.32 Å². The molecule has 170 valence electrons. The summed E-state index contributed by atoms with van der Waals surface area (Å²) in [5.41, 5.74) is -0.982. The Balaban J connectivity index is 0.00000272. The number of nitrogens with two attached hydrogens (primary N) is 1. The molecule has 2 atom stereocenters. The number of nitrogens with zero attached hydrogens (tertiary/aromatic N) is 1. The molecule has 4 rings (SSSR count). The Morgan fingerprint density at radius 3 is 2.81 bits per heavy atom. The van der Waals surface area contributed by atoms with Gasteiger partial charge in [-0.1, -0.05) is 0 Å². The molecule has 0 radical (unpaired) electrons. The van der Waals surface area contributed by atoms with Gasteiger partial charge in [0.25, 0.3) is 12.3 Å². The topological polar surface area (TPSA) is 106 Å². The van der Waals surface area contributed by atoms with Crippen LogP contribution in [0.2, 0.25) is 0 Å². The molecule has 0 aliphatic carbocycles. The van der Waals surface area contributed by atoms with E-state index in [1.165, 1.54) is 17.8 Å². The molecule has 0 bridgehead atoms. The van der Waals surface area contributed by atoms with Crippen molar-refractivity contribution in [3.05, 3.63) is 41.5 Å². The number of alkyl halides is 2. The Morgan fingerprint density at radius 1 is 1.35 bits per heavy atom. The van der Waals surface area contributed by atoms with Gasteiger partial charge in [0.1, 0.15) is 10.7 Å². The standard InChI is InChI=1S/C18H19F3N4O4S.HI/c1-25-7-14-16(29-8-9-5-22-6-13(9)24-30(14,27)28)15(25)18(26)23-10-2-3-12(19)11(4-10)17(20)21;/h2-4,7,9,13,17,22,24H,5-6,8H2,1H3,(H,23,26);1H/t9-,13-;/m0./s1. The third-order valence-corrected chi connectivity index (χ3v) is 6.79. The molecular formula is C18H20F3IN4O4S. The number of rotatable bonds is 3. The van der Waals surface area contributed by atoms with Crippen molar-refractivity contribution in [2.75, 3.05) is 25.0 Å². The zero-order valence-electron chi connectivity index (χ0n) is 16.2. The fourth-order valence-corrected chi connectivity index (χ4v) is 5.29. The number of carbonyl (C=O) groups excluding carboxylic acids is 1. The summed E-state index contributed by atoms with van der Waals surface area (Å²) in [7, 11) is -2.46. The van der Waals surface area contributed by atoms with Crippen molar-refractivity contribution >= 4 is 21.6 Å². The minimum absolute atomic E-state index is 0. The molecule has 1 amide bonds. The number of hydrogen-bond acceptors (Lipinski definition) is 4. The minimum atomic E-state index is -3.93. The predicted molar refractivity (Wildman–Crippen MR) is 99.5 cm³/mol. The van der Waals surface area contributed by atoms with Gasteiger partial charge in [-0.25, -0.2) is 26.3 Å². The predicted octanol–water partition coefficient (Wildman–Crippen LogP) is -2.41. The van der Waals surface area contributed by atoms with Gasteiger partial charge in [-0.05, 0) is 18.2 Å². The highest BCUT2D eigenvalue weighted by molar-refractivity contribution is 7.89. The average molecular weight is 572 g/mol. The number of benzene rings is 1. The number of aromatic nitrogens is 1. The first-order valence-corrected chi connectivity index (χ1v) is 10.7. The molecule has 3 heterocycles. The number of quaternary nitrogens is 1. The first-order valence-electron chi connectivity index (χ1n) is 9.22. The molecule has 31 heavy (non-hydrogen) atoms. The number of fused-ring (bicyclic) bond motifs is 2. The normalized spacial score (nSPS) is 21.8. The lowest BCUT2D eigenvalue weighted by atomic mass is 10.1. The first kappa shape index (κ1) is 23.8. The second kappa shape index (κ2) is 8.96. The first-order chi connectivity index (χ1) is 14.2. The van der Waals surface area contributed by atoms with Gasteiger partial charge in [0.05, 0.1) is 37.2 Å². The number of carbonyl (C=O) groups is 1. The lowest BCUT2D eigenvalue weighted by Crippen LogP contribution is -3.00. The van der Waals surface area contributed by atoms with Gasteiger partial charge in [-0.3, -0.25) is 4.79 Å². The van der Waals surface area contributed by atoms with Gasteiger partial charge in [-0.2, -0.15) is 0 Å². The average Bonchev–Trinajstić information content (AvgIpc) is 3.23. The van der Waals surface area contributed by atoms with E-state index in [0.29, 0.717) is 13.1 Å². The molecule has 1 saturated heterocycles. The molecule has 13 heteroatoms. The van der Waals surface area contributed by atoms with Crippen molar-refractivity contribution in [2.45, 2.75) is 17.4 Å². The van der Waals surface area contributed by atoms with Gasteiger partial charge in [-0.15, -0.1) is 0 Å². The molecule has 0 saturated carbocycles. The van der Waals surface area contributed by atoms with E-state index in [0.717, 1.165) is 18.2 Å². The van der Waals surface area contributed by atoms with Crippen LogP contribution in [0, 0.1) is 11.7 Å². The number of hydrogen-bond donors (Lipinski definition) is 3. The Labute approximate surface area is 193 Å². The van der Waals surface area contributed by atoms with Gasteiger partial charge < -0.3 is 43.9 Å². The van der Waals surface area contributed by atoms with Crippen molar-refractivity contribution in [3.8, 4) is 5.75 Å². The van der Waals surface area contributed by atoms with Crippen LogP contribution in [0.3, 0.4) is 0 Å². The van der Waals surface area contributed by atoms with Gasteiger partial charge in [0.2, 0.25) is 10.0 Å². The summed E-state index contributed by atoms with van der Waals surface area (Å²) in [6.07, 6.45) is -1.78. The number of sulfonamides is 1. The molecule has 2 aliphatic heterocycles. The van der Waals surface area contributed by atoms with E-state index in [-0.39, 0.29) is 64.6 Å². The number of halogens is 4. The third kappa shape index (κ3) is 4.54. The van der Waals surface area contributed by atoms with Crippen molar-refractivity contribution in [3.63, 3.8) is 0 Å². The Bertz CT molecular complexity index is 1110. The molecular weight excluding hydrogens is 552 g/mol. The van der Waals surface area contributed by atoms with Crippen molar-refractivity contribution in [1.29, 1.82) is 0 Å². The number of amides is 1. The molecule has 0 spiro atoms. The highest BCUT2D eigenvalue weighted by Crippen LogP contribution is 2.33. The number of ether oxygens (including phenoxy) is 1. The van der Waals surface area contributed by atoms with Crippen LogP contribution in [0.1, 0.15) is 22.5 Å². The molecule has 0 unspecified atom stereocenters. The minimum Gasteiger partial charge on any atom is -1.00 e. The smallest absolute Gasteiger partial charge is 0.276 e. The van der Waals surface area contributed by atoms with Crippen LogP contribution in [0.4, 0.5) is 18.9 Å². The Morgan fingerprint density at radius 2 is 2.10 bits per heavy atom. The molecule has 2 aromatic rings. The maximum Gasteiger partial charge on any atom is 0.276 e. The Kier molecular flexibility index (Phi) is 6.88. The summed E-state index contributed by atoms with van der Waals surface area (Å²) >= 11 is 0. The lowest BCUT2D eigenvalue weighted by Gasteiger charge is -2.22. The number of nitrogens with one attached hydrogen (secondary N) is 2. The van der Waals surface area contributed by atoms with E-state index in [1.54, 1.807) is 0 Å². The molecule has 1 aromatic heterocycles. The molecule has 4 N–H and O–H groups in total. The van der Waals surface area contributed by atoms with Crippen molar-refractivity contribution < 1.29 is 60.4 Å². The van der Waals surface area contributed by atoms with Crippen LogP contribution >= 0.6 is 0 Å². The van der Waals surface area contributed by atoms with Crippen LogP contribution in [0.15, 0.2) is 29.3 Å². The quantitative estimate of drug-likeness (QED) is 0.357. The largest absolute Gasteiger partial charge is 1.00 e. The van der Waals surface area contributed by atoms with Crippen LogP contribution in [-0.4, -0.2) is 44.6 Å². The van der Waals surface area contributed by atoms with Crippen LogP contribution < -0.4 is 44.1 Å². The van der Waals surface area contributed by atoms with Crippen LogP contribution in [0.5, 0.6) is 5.75 Å². The second-order valence-electron chi connectivity index (χ2n) is 7.33. The monoisotopic (exact) mass is 572 g/mol. The summed E-state index contributed by atoms with van der Waals surface area (Å²) in [5.74, 6) is -2.02. The summed E-state index contributed by atoms with van der Waals surface area (Å²) in [6.45, 7) is 1.50. The Hall–Kier alpha value is -1.84. The summed E-state index contributed by atoms with van der Waals surface area (Å²) in [6, 6.07) is 2.54. The van der Waals surface area contributed by atoms with Crippen LogP contribution in [-0.2, 0) is 17.1 Å².